The minimum atomic E-state index is -2.73. The number of aromatic nitrogens is 1. The number of pyridine rings is 1. The van der Waals surface area contributed by atoms with Crippen molar-refractivity contribution in [3.05, 3.63) is 23.5 Å². The molecule has 0 aliphatic carbocycles. The molecule has 1 N–H and O–H groups in total. The lowest BCUT2D eigenvalue weighted by Gasteiger charge is -2.03. The highest BCUT2D eigenvalue weighted by molar-refractivity contribution is 9.08. The van der Waals surface area contributed by atoms with E-state index >= 15 is 0 Å². The third kappa shape index (κ3) is 1.91. The van der Waals surface area contributed by atoms with Crippen LogP contribution in [0.25, 0.3) is 0 Å². The van der Waals surface area contributed by atoms with Gasteiger partial charge in [0.1, 0.15) is 11.4 Å². The molecule has 0 spiro atoms. The molecule has 0 aliphatic rings. The van der Waals surface area contributed by atoms with Gasteiger partial charge in [-0.1, -0.05) is 15.9 Å². The number of rotatable bonds is 2. The van der Waals surface area contributed by atoms with Gasteiger partial charge in [0, 0.05) is 5.33 Å². The van der Waals surface area contributed by atoms with E-state index in [-0.39, 0.29) is 0 Å². The first-order valence-electron chi connectivity index (χ1n) is 3.18. The third-order valence-corrected chi connectivity index (χ3v) is 1.88. The van der Waals surface area contributed by atoms with Gasteiger partial charge in [-0.15, -0.1) is 0 Å². The summed E-state index contributed by atoms with van der Waals surface area (Å²) in [5, 5.41) is 9.34. The van der Waals surface area contributed by atoms with Crippen molar-refractivity contribution in [1.82, 2.24) is 4.98 Å². The molecule has 0 aliphatic heterocycles. The van der Waals surface area contributed by atoms with E-state index in [0.29, 0.717) is 11.0 Å². The number of alkyl halides is 3. The first kappa shape index (κ1) is 9.38. The summed E-state index contributed by atoms with van der Waals surface area (Å²) in [4.78, 5) is 3.54. The molecular weight excluding hydrogens is 232 g/mol. The van der Waals surface area contributed by atoms with E-state index < -0.39 is 17.9 Å². The molecule has 1 heterocycles. The Bertz CT molecular complexity index is 280. The molecule has 5 heteroatoms. The SMILES string of the molecule is Oc1ccc(CBr)nc1C(F)F. The topological polar surface area (TPSA) is 33.1 Å². The molecule has 12 heavy (non-hydrogen) atoms. The largest absolute Gasteiger partial charge is 0.506 e. The second-order valence-corrected chi connectivity index (χ2v) is 2.70. The van der Waals surface area contributed by atoms with Gasteiger partial charge in [0.05, 0.1) is 5.69 Å². The minimum Gasteiger partial charge on any atom is -0.506 e. The highest BCUT2D eigenvalue weighted by Crippen LogP contribution is 2.26. The zero-order valence-electron chi connectivity index (χ0n) is 5.97. The van der Waals surface area contributed by atoms with Crippen molar-refractivity contribution in [2.24, 2.45) is 0 Å². The summed E-state index contributed by atoms with van der Waals surface area (Å²) in [6.07, 6.45) is -2.73. The van der Waals surface area contributed by atoms with E-state index in [4.69, 9.17) is 5.11 Å². The Morgan fingerprint density at radius 3 is 2.67 bits per heavy atom. The van der Waals surface area contributed by atoms with Gasteiger partial charge in [-0.2, -0.15) is 0 Å². The van der Waals surface area contributed by atoms with Crippen molar-refractivity contribution < 1.29 is 13.9 Å². The van der Waals surface area contributed by atoms with Gasteiger partial charge in [-0.05, 0) is 12.1 Å². The molecule has 66 valence electrons. The molecule has 1 aromatic heterocycles. The summed E-state index contributed by atoms with van der Waals surface area (Å²) in [6.45, 7) is 0. The number of halogens is 3. The zero-order valence-corrected chi connectivity index (χ0v) is 7.55. The van der Waals surface area contributed by atoms with Crippen LogP contribution in [0.3, 0.4) is 0 Å². The van der Waals surface area contributed by atoms with Crippen LogP contribution in [-0.4, -0.2) is 10.1 Å². The van der Waals surface area contributed by atoms with Gasteiger partial charge in [-0.3, -0.25) is 0 Å². The predicted octanol–water partition coefficient (Wildman–Crippen LogP) is 2.62. The Morgan fingerprint density at radius 2 is 2.17 bits per heavy atom. The number of nitrogens with zero attached hydrogens (tertiary/aromatic N) is 1. The van der Waals surface area contributed by atoms with Gasteiger partial charge in [-0.25, -0.2) is 13.8 Å². The van der Waals surface area contributed by atoms with Crippen molar-refractivity contribution in [3.63, 3.8) is 0 Å². The highest BCUT2D eigenvalue weighted by Gasteiger charge is 2.14. The standard InChI is InChI=1S/C7H6BrF2NO/c8-3-4-1-2-5(12)6(11-4)7(9)10/h1-2,7,12H,3H2. The number of aromatic hydroxyl groups is 1. The van der Waals surface area contributed by atoms with Gasteiger partial charge >= 0.3 is 0 Å². The molecule has 0 radical (unpaired) electrons. The number of hydrogen-bond acceptors (Lipinski definition) is 2. The maximum Gasteiger partial charge on any atom is 0.284 e. The van der Waals surface area contributed by atoms with Crippen molar-refractivity contribution in [2.75, 3.05) is 0 Å². The predicted molar refractivity (Wildman–Crippen MR) is 43.5 cm³/mol. The Labute approximate surface area is 76.4 Å². The van der Waals surface area contributed by atoms with Crippen molar-refractivity contribution >= 4 is 15.9 Å². The Morgan fingerprint density at radius 1 is 1.50 bits per heavy atom. The second kappa shape index (κ2) is 3.80. The van der Waals surface area contributed by atoms with E-state index in [9.17, 15) is 8.78 Å². The van der Waals surface area contributed by atoms with E-state index in [0.717, 1.165) is 0 Å². The van der Waals surface area contributed by atoms with Gasteiger partial charge < -0.3 is 5.11 Å². The van der Waals surface area contributed by atoms with Crippen LogP contribution < -0.4 is 0 Å². The molecule has 0 fully saturated rings. The molecule has 0 atom stereocenters. The fraction of sp³-hybridized carbons (Fsp3) is 0.286. The first-order chi connectivity index (χ1) is 5.65. The van der Waals surface area contributed by atoms with E-state index in [2.05, 4.69) is 20.9 Å². The summed E-state index contributed by atoms with van der Waals surface area (Å²) in [5.41, 5.74) is -0.0879. The Balaban J connectivity index is 3.08. The van der Waals surface area contributed by atoms with Gasteiger partial charge in [0.25, 0.3) is 6.43 Å². The lowest BCUT2D eigenvalue weighted by atomic mass is 10.3. The van der Waals surface area contributed by atoms with Gasteiger partial charge in [0.15, 0.2) is 0 Å². The maximum atomic E-state index is 12.1. The Kier molecular flexibility index (Phi) is 2.97. The summed E-state index contributed by atoms with van der Waals surface area (Å²) in [5.74, 6) is -0.463. The molecule has 0 saturated heterocycles. The van der Waals surface area contributed by atoms with E-state index in [1.54, 1.807) is 0 Å². The molecule has 1 rings (SSSR count). The molecular formula is C7H6BrF2NO. The molecule has 0 aromatic carbocycles. The van der Waals surface area contributed by atoms with Crippen molar-refractivity contribution in [2.45, 2.75) is 11.8 Å². The summed E-state index contributed by atoms with van der Waals surface area (Å²) < 4.78 is 24.2. The maximum absolute atomic E-state index is 12.1. The Hall–Kier alpha value is -0.710. The molecule has 1 aromatic rings. The highest BCUT2D eigenvalue weighted by atomic mass is 79.9. The summed E-state index contributed by atoms with van der Waals surface area (Å²) in [6, 6.07) is 2.70. The molecule has 0 bridgehead atoms. The van der Waals surface area contributed by atoms with E-state index in [1.807, 2.05) is 0 Å². The molecule has 2 nitrogen and oxygen atoms in total. The monoisotopic (exact) mass is 237 g/mol. The van der Waals surface area contributed by atoms with Crippen LogP contribution in [-0.2, 0) is 5.33 Å². The number of hydrogen-bond donors (Lipinski definition) is 1. The zero-order chi connectivity index (χ0) is 9.14. The van der Waals surface area contributed by atoms with E-state index in [1.165, 1.54) is 12.1 Å². The van der Waals surface area contributed by atoms with Crippen LogP contribution in [0.15, 0.2) is 12.1 Å². The fourth-order valence-corrected chi connectivity index (χ4v) is 1.06. The van der Waals surface area contributed by atoms with Gasteiger partial charge in [0.2, 0.25) is 0 Å². The normalized spacial score (nSPS) is 10.7. The second-order valence-electron chi connectivity index (χ2n) is 2.14. The molecule has 0 amide bonds. The third-order valence-electron chi connectivity index (χ3n) is 1.30. The lowest BCUT2D eigenvalue weighted by Crippen LogP contribution is -1.94. The average molecular weight is 238 g/mol. The van der Waals surface area contributed by atoms with Crippen LogP contribution in [0.2, 0.25) is 0 Å². The molecule has 0 unspecified atom stereocenters. The van der Waals surface area contributed by atoms with Crippen molar-refractivity contribution in [3.8, 4) is 5.75 Å². The summed E-state index contributed by atoms with van der Waals surface area (Å²) >= 11 is 3.08. The summed E-state index contributed by atoms with van der Waals surface area (Å²) in [7, 11) is 0. The van der Waals surface area contributed by atoms with Crippen LogP contribution >= 0.6 is 15.9 Å². The van der Waals surface area contributed by atoms with Crippen LogP contribution in [0.5, 0.6) is 5.75 Å². The smallest absolute Gasteiger partial charge is 0.284 e. The van der Waals surface area contributed by atoms with Crippen LogP contribution in [0.4, 0.5) is 8.78 Å². The lowest BCUT2D eigenvalue weighted by molar-refractivity contribution is 0.141. The van der Waals surface area contributed by atoms with Crippen molar-refractivity contribution in [1.29, 1.82) is 0 Å². The fourth-order valence-electron chi connectivity index (χ4n) is 0.745. The average Bonchev–Trinajstić information content (AvgIpc) is 2.05. The van der Waals surface area contributed by atoms with Crippen LogP contribution in [0, 0.1) is 0 Å². The minimum absolute atomic E-state index is 0.396. The first-order valence-corrected chi connectivity index (χ1v) is 4.30. The quantitative estimate of drug-likeness (QED) is 0.803. The molecule has 0 saturated carbocycles. The van der Waals surface area contributed by atoms with Crippen LogP contribution in [0.1, 0.15) is 17.8 Å².